The smallest absolute Gasteiger partial charge is 0.0276 e. The van der Waals surface area contributed by atoms with Crippen molar-refractivity contribution >= 4 is 0 Å². The Morgan fingerprint density at radius 2 is 1.47 bits per heavy atom. The number of benzene rings is 1. The minimum atomic E-state index is 0.866. The van der Waals surface area contributed by atoms with Gasteiger partial charge in [0.2, 0.25) is 0 Å². The van der Waals surface area contributed by atoms with E-state index in [4.69, 9.17) is 0 Å². The lowest BCUT2D eigenvalue weighted by atomic mass is 9.92. The fraction of sp³-hybridized carbons (Fsp3) is 0.647. The Hall–Kier alpha value is -0.780. The lowest BCUT2D eigenvalue weighted by Crippen LogP contribution is -2.01. The van der Waals surface area contributed by atoms with Gasteiger partial charge in [0, 0.05) is 0 Å². The summed E-state index contributed by atoms with van der Waals surface area (Å²) >= 11 is 0. The molecule has 0 aliphatic rings. The molecule has 0 aliphatic carbocycles. The van der Waals surface area contributed by atoms with E-state index in [9.17, 15) is 0 Å². The van der Waals surface area contributed by atoms with Gasteiger partial charge < -0.3 is 0 Å². The standard InChI is InChI=1S/C17H28/c1-5-14(2)6-7-15(3)8-11-17-12-9-16(4)10-13-17/h9-10,12-15H,5-8,11H2,1-4H3. The Morgan fingerprint density at radius 1 is 0.882 bits per heavy atom. The molecule has 2 unspecified atom stereocenters. The topological polar surface area (TPSA) is 0 Å². The van der Waals surface area contributed by atoms with Crippen molar-refractivity contribution < 1.29 is 0 Å². The SMILES string of the molecule is CCC(C)CCC(C)CCc1ccc(C)cc1. The first kappa shape index (κ1) is 14.3. The Morgan fingerprint density at radius 3 is 2.06 bits per heavy atom. The summed E-state index contributed by atoms with van der Waals surface area (Å²) in [6.45, 7) is 9.21. The molecule has 0 saturated carbocycles. The minimum Gasteiger partial charge on any atom is -0.0651 e. The number of aryl methyl sites for hydroxylation is 2. The molecule has 0 fully saturated rings. The monoisotopic (exact) mass is 232 g/mol. The number of rotatable bonds is 7. The first-order valence-corrected chi connectivity index (χ1v) is 7.17. The van der Waals surface area contributed by atoms with Crippen LogP contribution < -0.4 is 0 Å². The summed E-state index contributed by atoms with van der Waals surface area (Å²) in [6, 6.07) is 8.99. The summed E-state index contributed by atoms with van der Waals surface area (Å²) < 4.78 is 0. The molecule has 0 saturated heterocycles. The molecular weight excluding hydrogens is 204 g/mol. The fourth-order valence-electron chi connectivity index (χ4n) is 2.09. The Labute approximate surface area is 107 Å². The van der Waals surface area contributed by atoms with Crippen LogP contribution in [0.4, 0.5) is 0 Å². The molecule has 0 aliphatic heterocycles. The maximum atomic E-state index is 2.40. The predicted octanol–water partition coefficient (Wildman–Crippen LogP) is 5.39. The lowest BCUT2D eigenvalue weighted by Gasteiger charge is -2.14. The summed E-state index contributed by atoms with van der Waals surface area (Å²) in [4.78, 5) is 0. The van der Waals surface area contributed by atoms with Crippen molar-refractivity contribution in [3.8, 4) is 0 Å². The minimum absolute atomic E-state index is 0.866. The van der Waals surface area contributed by atoms with Gasteiger partial charge in [-0.15, -0.1) is 0 Å². The van der Waals surface area contributed by atoms with E-state index in [0.29, 0.717) is 0 Å². The van der Waals surface area contributed by atoms with Crippen molar-refractivity contribution in [1.82, 2.24) is 0 Å². The van der Waals surface area contributed by atoms with Gasteiger partial charge in [0.05, 0.1) is 0 Å². The third-order valence-corrected chi connectivity index (χ3v) is 3.90. The van der Waals surface area contributed by atoms with Gasteiger partial charge in [-0.3, -0.25) is 0 Å². The Balaban J connectivity index is 2.23. The average Bonchev–Trinajstić information content (AvgIpc) is 2.35. The van der Waals surface area contributed by atoms with Crippen LogP contribution in [0.5, 0.6) is 0 Å². The normalized spacial score (nSPS) is 14.6. The van der Waals surface area contributed by atoms with E-state index in [2.05, 4.69) is 52.0 Å². The van der Waals surface area contributed by atoms with Crippen LogP contribution in [-0.4, -0.2) is 0 Å². The van der Waals surface area contributed by atoms with Crippen molar-refractivity contribution in [2.45, 2.75) is 59.8 Å². The van der Waals surface area contributed by atoms with E-state index in [1.54, 1.807) is 0 Å². The maximum absolute atomic E-state index is 2.40. The van der Waals surface area contributed by atoms with Crippen LogP contribution in [0, 0.1) is 18.8 Å². The third kappa shape index (κ3) is 5.91. The Bertz CT molecular complexity index is 296. The molecule has 0 amide bonds. The van der Waals surface area contributed by atoms with Crippen molar-refractivity contribution in [3.63, 3.8) is 0 Å². The van der Waals surface area contributed by atoms with E-state index in [0.717, 1.165) is 11.8 Å². The second-order valence-corrected chi connectivity index (χ2v) is 5.72. The van der Waals surface area contributed by atoms with Gasteiger partial charge in [-0.1, -0.05) is 69.9 Å². The van der Waals surface area contributed by atoms with Crippen LogP contribution >= 0.6 is 0 Å². The van der Waals surface area contributed by atoms with E-state index >= 15 is 0 Å². The highest BCUT2D eigenvalue weighted by molar-refractivity contribution is 5.21. The molecule has 96 valence electrons. The van der Waals surface area contributed by atoms with E-state index in [1.807, 2.05) is 0 Å². The predicted molar refractivity (Wildman–Crippen MR) is 77.4 cm³/mol. The number of hydrogen-bond acceptors (Lipinski definition) is 0. The molecule has 1 aromatic rings. The Kier molecular flexibility index (Phi) is 6.32. The van der Waals surface area contributed by atoms with E-state index in [1.165, 1.54) is 43.2 Å². The summed E-state index contributed by atoms with van der Waals surface area (Å²) in [5, 5.41) is 0. The molecule has 0 N–H and O–H groups in total. The zero-order valence-corrected chi connectivity index (χ0v) is 12.0. The van der Waals surface area contributed by atoms with Crippen molar-refractivity contribution in [2.24, 2.45) is 11.8 Å². The summed E-state index contributed by atoms with van der Waals surface area (Å²) in [5.74, 6) is 1.77. The van der Waals surface area contributed by atoms with Gasteiger partial charge in [-0.2, -0.15) is 0 Å². The molecule has 2 atom stereocenters. The van der Waals surface area contributed by atoms with Crippen LogP contribution in [0.2, 0.25) is 0 Å². The highest BCUT2D eigenvalue weighted by Crippen LogP contribution is 2.19. The van der Waals surface area contributed by atoms with Gasteiger partial charge in [0.15, 0.2) is 0 Å². The summed E-state index contributed by atoms with van der Waals surface area (Å²) in [7, 11) is 0. The van der Waals surface area contributed by atoms with E-state index in [-0.39, 0.29) is 0 Å². The first-order valence-electron chi connectivity index (χ1n) is 7.17. The largest absolute Gasteiger partial charge is 0.0651 e. The average molecular weight is 232 g/mol. The molecule has 0 aromatic heterocycles. The van der Waals surface area contributed by atoms with Crippen LogP contribution in [0.3, 0.4) is 0 Å². The van der Waals surface area contributed by atoms with Gasteiger partial charge in [-0.25, -0.2) is 0 Å². The van der Waals surface area contributed by atoms with Crippen LogP contribution in [0.25, 0.3) is 0 Å². The van der Waals surface area contributed by atoms with Crippen molar-refractivity contribution in [1.29, 1.82) is 0 Å². The van der Waals surface area contributed by atoms with Gasteiger partial charge in [0.1, 0.15) is 0 Å². The van der Waals surface area contributed by atoms with Gasteiger partial charge >= 0.3 is 0 Å². The van der Waals surface area contributed by atoms with Crippen LogP contribution in [0.15, 0.2) is 24.3 Å². The molecular formula is C17H28. The van der Waals surface area contributed by atoms with E-state index < -0.39 is 0 Å². The second kappa shape index (κ2) is 7.53. The van der Waals surface area contributed by atoms with Crippen LogP contribution in [0.1, 0.15) is 57.6 Å². The quantitative estimate of drug-likeness (QED) is 0.591. The zero-order chi connectivity index (χ0) is 12.7. The summed E-state index contributed by atoms with van der Waals surface area (Å²) in [5.41, 5.74) is 2.85. The fourth-order valence-corrected chi connectivity index (χ4v) is 2.09. The molecule has 17 heavy (non-hydrogen) atoms. The lowest BCUT2D eigenvalue weighted by molar-refractivity contribution is 0.406. The molecule has 0 bridgehead atoms. The highest BCUT2D eigenvalue weighted by Gasteiger charge is 2.05. The zero-order valence-electron chi connectivity index (χ0n) is 12.0. The molecule has 0 heteroatoms. The highest BCUT2D eigenvalue weighted by atomic mass is 14.1. The summed E-state index contributed by atoms with van der Waals surface area (Å²) in [6.07, 6.45) is 6.68. The molecule has 0 spiro atoms. The molecule has 1 aromatic carbocycles. The molecule has 0 radical (unpaired) electrons. The first-order chi connectivity index (χ1) is 8.11. The second-order valence-electron chi connectivity index (χ2n) is 5.72. The molecule has 0 heterocycles. The van der Waals surface area contributed by atoms with Gasteiger partial charge in [0.25, 0.3) is 0 Å². The molecule has 0 nitrogen and oxygen atoms in total. The third-order valence-electron chi connectivity index (χ3n) is 3.90. The van der Waals surface area contributed by atoms with Crippen molar-refractivity contribution in [2.75, 3.05) is 0 Å². The van der Waals surface area contributed by atoms with Crippen LogP contribution in [-0.2, 0) is 6.42 Å². The van der Waals surface area contributed by atoms with Crippen molar-refractivity contribution in [3.05, 3.63) is 35.4 Å². The number of hydrogen-bond donors (Lipinski definition) is 0. The maximum Gasteiger partial charge on any atom is -0.0276 e. The van der Waals surface area contributed by atoms with Gasteiger partial charge in [-0.05, 0) is 37.2 Å². The molecule has 1 rings (SSSR count).